The van der Waals surface area contributed by atoms with Crippen molar-refractivity contribution in [3.05, 3.63) is 23.8 Å². The summed E-state index contributed by atoms with van der Waals surface area (Å²) in [6.45, 7) is 1.74. The van der Waals surface area contributed by atoms with Gasteiger partial charge < -0.3 is 20.1 Å². The van der Waals surface area contributed by atoms with Crippen LogP contribution in [0.2, 0.25) is 0 Å². The Bertz CT molecular complexity index is 616. The quantitative estimate of drug-likeness (QED) is 0.923. The molecule has 3 aliphatic rings. The first-order chi connectivity index (χ1) is 11.1. The Kier molecular flexibility index (Phi) is 3.68. The number of rotatable bonds is 3. The summed E-state index contributed by atoms with van der Waals surface area (Å²) >= 11 is 0. The zero-order chi connectivity index (χ0) is 16.0. The lowest BCUT2D eigenvalue weighted by Crippen LogP contribution is -2.45. The van der Waals surface area contributed by atoms with Crippen molar-refractivity contribution in [2.75, 3.05) is 20.3 Å². The first-order valence-corrected chi connectivity index (χ1v) is 8.52. The van der Waals surface area contributed by atoms with E-state index in [1.807, 2.05) is 30.1 Å². The Morgan fingerprint density at radius 3 is 2.70 bits per heavy atom. The van der Waals surface area contributed by atoms with Gasteiger partial charge in [-0.3, -0.25) is 4.79 Å². The summed E-state index contributed by atoms with van der Waals surface area (Å²) in [6.07, 6.45) is 3.49. The molecule has 4 rings (SSSR count). The van der Waals surface area contributed by atoms with Gasteiger partial charge in [-0.15, -0.1) is 0 Å². The Balaban J connectivity index is 1.45. The predicted molar refractivity (Wildman–Crippen MR) is 86.2 cm³/mol. The van der Waals surface area contributed by atoms with Gasteiger partial charge in [0, 0.05) is 19.6 Å². The summed E-state index contributed by atoms with van der Waals surface area (Å²) in [5, 5.41) is 0. The third kappa shape index (κ3) is 2.57. The molecule has 2 aliphatic carbocycles. The minimum atomic E-state index is 0.0101. The van der Waals surface area contributed by atoms with Crippen LogP contribution in [-0.2, 0) is 11.3 Å². The van der Waals surface area contributed by atoms with Gasteiger partial charge in [-0.2, -0.15) is 0 Å². The van der Waals surface area contributed by atoms with Crippen molar-refractivity contribution in [1.29, 1.82) is 0 Å². The fourth-order valence-corrected chi connectivity index (χ4v) is 4.49. The molecule has 1 heterocycles. The highest BCUT2D eigenvalue weighted by molar-refractivity contribution is 5.80. The molecule has 2 N–H and O–H groups in total. The summed E-state index contributed by atoms with van der Waals surface area (Å²) < 4.78 is 11.2. The highest BCUT2D eigenvalue weighted by atomic mass is 16.6. The fourth-order valence-electron chi connectivity index (χ4n) is 4.49. The topological polar surface area (TPSA) is 64.8 Å². The van der Waals surface area contributed by atoms with Gasteiger partial charge in [0.2, 0.25) is 5.91 Å². The summed E-state index contributed by atoms with van der Waals surface area (Å²) in [4.78, 5) is 14.6. The summed E-state index contributed by atoms with van der Waals surface area (Å²) in [5.41, 5.74) is 7.36. The Labute approximate surface area is 136 Å². The second kappa shape index (κ2) is 5.71. The number of fused-ring (bicyclic) bond motifs is 3. The van der Waals surface area contributed by atoms with Gasteiger partial charge in [-0.1, -0.05) is 6.07 Å². The molecule has 0 unspecified atom stereocenters. The lowest BCUT2D eigenvalue weighted by atomic mass is 9.84. The number of carbonyl (C=O) groups excluding carboxylic acids is 1. The van der Waals surface area contributed by atoms with Gasteiger partial charge in [0.05, 0.1) is 5.92 Å². The molecule has 2 bridgehead atoms. The SMILES string of the molecule is CN(Cc1ccc2c(c1)OCCO2)C(=O)[C@@H]1[C@H]2CC[C@@H](C2)[C@@H]1N. The molecule has 2 saturated carbocycles. The minimum Gasteiger partial charge on any atom is -0.486 e. The number of hydrogen-bond acceptors (Lipinski definition) is 4. The first kappa shape index (κ1) is 14.8. The summed E-state index contributed by atoms with van der Waals surface area (Å²) in [5.74, 6) is 2.80. The van der Waals surface area contributed by atoms with Crippen molar-refractivity contribution in [3.63, 3.8) is 0 Å². The maximum Gasteiger partial charge on any atom is 0.227 e. The van der Waals surface area contributed by atoms with E-state index < -0.39 is 0 Å². The normalized spacial score (nSPS) is 31.2. The number of carbonyl (C=O) groups is 1. The largest absolute Gasteiger partial charge is 0.486 e. The van der Waals surface area contributed by atoms with Crippen LogP contribution in [0.25, 0.3) is 0 Å². The Morgan fingerprint density at radius 2 is 1.96 bits per heavy atom. The summed E-state index contributed by atoms with van der Waals surface area (Å²) in [6, 6.07) is 5.94. The number of ether oxygens (including phenoxy) is 2. The van der Waals surface area contributed by atoms with Gasteiger partial charge in [-0.05, 0) is 48.8 Å². The lowest BCUT2D eigenvalue weighted by molar-refractivity contribution is -0.137. The Morgan fingerprint density at radius 1 is 1.22 bits per heavy atom. The number of nitrogens with zero attached hydrogens (tertiary/aromatic N) is 1. The maximum absolute atomic E-state index is 12.8. The standard InChI is InChI=1S/C18H24N2O3/c1-20(18(21)16-12-3-4-13(9-12)17(16)19)10-11-2-5-14-15(8-11)23-7-6-22-14/h2,5,8,12-13,16-17H,3-4,6-7,9-10,19H2,1H3/t12-,13-,16+,17-/m0/s1. The molecule has 1 aromatic rings. The molecule has 1 aliphatic heterocycles. The summed E-state index contributed by atoms with van der Waals surface area (Å²) in [7, 11) is 1.87. The number of hydrogen-bond donors (Lipinski definition) is 1. The van der Waals surface area contributed by atoms with Crippen LogP contribution < -0.4 is 15.2 Å². The van der Waals surface area contributed by atoms with Gasteiger partial charge in [-0.25, -0.2) is 0 Å². The number of benzene rings is 1. The van der Waals surface area contributed by atoms with Gasteiger partial charge in [0.25, 0.3) is 0 Å². The molecule has 124 valence electrons. The Hall–Kier alpha value is -1.75. The van der Waals surface area contributed by atoms with Crippen LogP contribution in [0.4, 0.5) is 0 Å². The fraction of sp³-hybridized carbons (Fsp3) is 0.611. The first-order valence-electron chi connectivity index (χ1n) is 8.52. The second-order valence-corrected chi connectivity index (χ2v) is 7.11. The highest BCUT2D eigenvalue weighted by Crippen LogP contribution is 2.48. The molecule has 0 spiro atoms. The van der Waals surface area contributed by atoms with E-state index >= 15 is 0 Å². The van der Waals surface area contributed by atoms with Crippen molar-refractivity contribution in [2.24, 2.45) is 23.5 Å². The zero-order valence-corrected chi connectivity index (χ0v) is 13.5. The molecular formula is C18H24N2O3. The molecular weight excluding hydrogens is 292 g/mol. The smallest absolute Gasteiger partial charge is 0.227 e. The molecule has 0 radical (unpaired) electrons. The van der Waals surface area contributed by atoms with Gasteiger partial charge >= 0.3 is 0 Å². The number of amides is 1. The maximum atomic E-state index is 12.8. The van der Waals surface area contributed by atoms with E-state index in [4.69, 9.17) is 15.2 Å². The molecule has 4 atom stereocenters. The minimum absolute atomic E-state index is 0.0101. The van der Waals surface area contributed by atoms with E-state index in [0.717, 1.165) is 29.9 Å². The third-order valence-electron chi connectivity index (χ3n) is 5.67. The van der Waals surface area contributed by atoms with Crippen LogP contribution in [0.5, 0.6) is 11.5 Å². The monoisotopic (exact) mass is 316 g/mol. The van der Waals surface area contributed by atoms with E-state index in [1.165, 1.54) is 6.42 Å². The molecule has 1 aromatic carbocycles. The van der Waals surface area contributed by atoms with E-state index in [0.29, 0.717) is 31.6 Å². The zero-order valence-electron chi connectivity index (χ0n) is 13.5. The predicted octanol–water partition coefficient (Wildman–Crippen LogP) is 1.79. The molecule has 5 nitrogen and oxygen atoms in total. The van der Waals surface area contributed by atoms with Crippen LogP contribution in [-0.4, -0.2) is 37.1 Å². The van der Waals surface area contributed by atoms with Crippen LogP contribution in [0, 0.1) is 17.8 Å². The van der Waals surface area contributed by atoms with Crippen LogP contribution >= 0.6 is 0 Å². The van der Waals surface area contributed by atoms with Crippen molar-refractivity contribution < 1.29 is 14.3 Å². The van der Waals surface area contributed by atoms with E-state index in [2.05, 4.69) is 0 Å². The average molecular weight is 316 g/mol. The van der Waals surface area contributed by atoms with Crippen LogP contribution in [0.1, 0.15) is 24.8 Å². The number of nitrogens with two attached hydrogens (primary N) is 1. The molecule has 23 heavy (non-hydrogen) atoms. The third-order valence-corrected chi connectivity index (χ3v) is 5.67. The van der Waals surface area contributed by atoms with Crippen LogP contribution in [0.3, 0.4) is 0 Å². The van der Waals surface area contributed by atoms with E-state index in [9.17, 15) is 4.79 Å². The average Bonchev–Trinajstić information content (AvgIpc) is 3.15. The van der Waals surface area contributed by atoms with Crippen LogP contribution in [0.15, 0.2) is 18.2 Å². The molecule has 0 saturated heterocycles. The van der Waals surface area contributed by atoms with E-state index in [1.54, 1.807) is 0 Å². The van der Waals surface area contributed by atoms with Gasteiger partial charge in [0.15, 0.2) is 11.5 Å². The molecule has 2 fully saturated rings. The van der Waals surface area contributed by atoms with Crippen molar-refractivity contribution in [2.45, 2.75) is 31.8 Å². The van der Waals surface area contributed by atoms with E-state index in [-0.39, 0.29) is 17.9 Å². The second-order valence-electron chi connectivity index (χ2n) is 7.11. The molecule has 1 amide bonds. The molecule has 0 aromatic heterocycles. The van der Waals surface area contributed by atoms with Gasteiger partial charge in [0.1, 0.15) is 13.2 Å². The molecule has 5 heteroatoms. The highest BCUT2D eigenvalue weighted by Gasteiger charge is 2.49. The van der Waals surface area contributed by atoms with Crippen molar-refractivity contribution in [3.8, 4) is 11.5 Å². The lowest BCUT2D eigenvalue weighted by Gasteiger charge is -2.31. The van der Waals surface area contributed by atoms with Crippen molar-refractivity contribution in [1.82, 2.24) is 4.90 Å². The van der Waals surface area contributed by atoms with Crippen molar-refractivity contribution >= 4 is 5.91 Å².